The predicted octanol–water partition coefficient (Wildman–Crippen LogP) is -1.83. The number of rotatable bonds is 1. The monoisotopic (exact) mass is 240 g/mol. The number of thiol groups is 1. The molecule has 0 fully saturated rings. The van der Waals surface area contributed by atoms with Gasteiger partial charge in [0.1, 0.15) is 0 Å². The van der Waals surface area contributed by atoms with Gasteiger partial charge in [0, 0.05) is 0 Å². The average molecular weight is 241 g/mol. The van der Waals surface area contributed by atoms with Crippen molar-refractivity contribution >= 4 is 72.6 Å². The molecule has 0 saturated heterocycles. The van der Waals surface area contributed by atoms with E-state index >= 15 is 0 Å². The van der Waals surface area contributed by atoms with Gasteiger partial charge >= 0.3 is 60.0 Å². The SMILES string of the molecule is O=C(O)CS.[NaH].[SbH3]. The molecule has 0 amide bonds. The number of carboxylic acids is 1. The first-order chi connectivity index (χ1) is 2.27. The first-order valence-corrected chi connectivity index (χ1v) is 1.73. The summed E-state index contributed by atoms with van der Waals surface area (Å²) in [6.07, 6.45) is 0. The van der Waals surface area contributed by atoms with E-state index in [1.165, 1.54) is 0 Å². The van der Waals surface area contributed by atoms with Gasteiger partial charge < -0.3 is 5.11 Å². The first-order valence-electron chi connectivity index (χ1n) is 1.10. The van der Waals surface area contributed by atoms with Crippen molar-refractivity contribution in [1.29, 1.82) is 0 Å². The number of aliphatic carboxylic acids is 1. The van der Waals surface area contributed by atoms with Gasteiger partial charge in [-0.2, -0.15) is 12.6 Å². The number of carboxylic acid groups (broad SMARTS) is 1. The Morgan fingerprint density at radius 2 is 1.86 bits per heavy atom. The molecule has 0 bridgehead atoms. The minimum absolute atomic E-state index is 0. The number of carbonyl (C=O) groups is 1. The minimum atomic E-state index is -0.881. The summed E-state index contributed by atoms with van der Waals surface area (Å²) >= 11 is 3.42. The molecule has 0 spiro atoms. The van der Waals surface area contributed by atoms with Crippen LogP contribution in [0.2, 0.25) is 0 Å². The Balaban J connectivity index is -0.0000000800. The van der Waals surface area contributed by atoms with Crippen molar-refractivity contribution in [3.05, 3.63) is 0 Å². The van der Waals surface area contributed by atoms with Crippen molar-refractivity contribution in [2.45, 2.75) is 0 Å². The van der Waals surface area contributed by atoms with Gasteiger partial charge in [-0.3, -0.25) is 4.79 Å². The molecule has 5 heteroatoms. The molecule has 2 nitrogen and oxygen atoms in total. The summed E-state index contributed by atoms with van der Waals surface area (Å²) in [6.45, 7) is 0. The zero-order chi connectivity index (χ0) is 4.28. The summed E-state index contributed by atoms with van der Waals surface area (Å²) in [7, 11) is 0. The Kier molecular flexibility index (Phi) is 24.0. The molecule has 1 N–H and O–H groups in total. The van der Waals surface area contributed by atoms with Crippen molar-refractivity contribution in [3.8, 4) is 0 Å². The number of hydrogen-bond acceptors (Lipinski definition) is 2. The molecule has 7 heavy (non-hydrogen) atoms. The summed E-state index contributed by atoms with van der Waals surface area (Å²) in [6, 6.07) is 0. The maximum atomic E-state index is 9.29. The normalized spacial score (nSPS) is 5.29. The molecule has 0 aromatic carbocycles. The Bertz CT molecular complexity index is 51.0. The van der Waals surface area contributed by atoms with Gasteiger partial charge in [0.15, 0.2) is 0 Å². The second-order valence-corrected chi connectivity index (χ2v) is 0.868. The Morgan fingerprint density at radius 3 is 1.86 bits per heavy atom. The van der Waals surface area contributed by atoms with Crippen LogP contribution in [0.4, 0.5) is 0 Å². The van der Waals surface area contributed by atoms with Crippen molar-refractivity contribution in [2.24, 2.45) is 0 Å². The Hall–Kier alpha value is 1.64. The molecule has 0 rings (SSSR count). The second-order valence-electron chi connectivity index (χ2n) is 0.552. The van der Waals surface area contributed by atoms with E-state index in [-0.39, 0.29) is 59.7 Å². The molecule has 0 unspecified atom stereocenters. The number of hydrogen-bond donors (Lipinski definition) is 2. The van der Waals surface area contributed by atoms with Crippen LogP contribution >= 0.6 is 12.6 Å². The summed E-state index contributed by atoms with van der Waals surface area (Å²) in [5.74, 6) is -0.965. The molecule has 0 aliphatic rings. The van der Waals surface area contributed by atoms with Crippen LogP contribution < -0.4 is 0 Å². The standard InChI is InChI=1S/C2H4O2S.Na.Sb.4H/c3-2(4)1-5;;;;;;/h5H,1H2,(H,3,4);;;;;;. The molecule has 0 aromatic rings. The van der Waals surface area contributed by atoms with Gasteiger partial charge in [-0.1, -0.05) is 0 Å². The molecular formula is C2H8NaO2SSb. The fourth-order valence-electron chi connectivity index (χ4n) is 0. The summed E-state index contributed by atoms with van der Waals surface area (Å²) < 4.78 is 0. The van der Waals surface area contributed by atoms with E-state index in [1.807, 2.05) is 0 Å². The predicted molar refractivity (Wildman–Crippen MR) is 38.6 cm³/mol. The van der Waals surface area contributed by atoms with Crippen LogP contribution in [0.15, 0.2) is 0 Å². The zero-order valence-electron chi connectivity index (χ0n) is 3.22. The van der Waals surface area contributed by atoms with E-state index < -0.39 is 5.97 Å². The van der Waals surface area contributed by atoms with E-state index in [4.69, 9.17) is 5.11 Å². The van der Waals surface area contributed by atoms with Gasteiger partial charge in [0.2, 0.25) is 0 Å². The summed E-state index contributed by atoms with van der Waals surface area (Å²) in [5.41, 5.74) is 0. The van der Waals surface area contributed by atoms with Crippen molar-refractivity contribution < 1.29 is 9.90 Å². The fourth-order valence-corrected chi connectivity index (χ4v) is 0. The first kappa shape index (κ1) is 15.9. The van der Waals surface area contributed by atoms with Gasteiger partial charge in [-0.15, -0.1) is 0 Å². The van der Waals surface area contributed by atoms with Crippen LogP contribution in [0, 0.1) is 0 Å². The molecule has 0 atom stereocenters. The van der Waals surface area contributed by atoms with E-state index in [0.717, 1.165) is 0 Å². The maximum absolute atomic E-state index is 9.29. The van der Waals surface area contributed by atoms with Gasteiger partial charge in [0.05, 0.1) is 5.75 Å². The molecule has 40 valence electrons. The zero-order valence-corrected chi connectivity index (χ0v) is 8.15. The molecule has 0 aromatic heterocycles. The summed E-state index contributed by atoms with van der Waals surface area (Å²) in [4.78, 5) is 9.29. The van der Waals surface area contributed by atoms with Crippen molar-refractivity contribution in [3.63, 3.8) is 0 Å². The molecule has 0 heterocycles. The van der Waals surface area contributed by atoms with Gasteiger partial charge in [0.25, 0.3) is 0 Å². The quantitative estimate of drug-likeness (QED) is 0.418. The van der Waals surface area contributed by atoms with Crippen LogP contribution in [-0.4, -0.2) is 70.8 Å². The molecular weight excluding hydrogens is 233 g/mol. The summed E-state index contributed by atoms with van der Waals surface area (Å²) in [5, 5.41) is 7.65. The second kappa shape index (κ2) is 10.6. The van der Waals surface area contributed by atoms with Crippen LogP contribution in [0.3, 0.4) is 0 Å². The van der Waals surface area contributed by atoms with Crippen LogP contribution in [0.1, 0.15) is 0 Å². The van der Waals surface area contributed by atoms with Crippen LogP contribution in [0.25, 0.3) is 0 Å². The Morgan fingerprint density at radius 1 is 1.71 bits per heavy atom. The molecule has 0 radical (unpaired) electrons. The van der Waals surface area contributed by atoms with Gasteiger partial charge in [-0.05, 0) is 0 Å². The van der Waals surface area contributed by atoms with Crippen LogP contribution in [0.5, 0.6) is 0 Å². The van der Waals surface area contributed by atoms with Crippen LogP contribution in [-0.2, 0) is 4.79 Å². The third kappa shape index (κ3) is 18.3. The molecule has 0 saturated carbocycles. The van der Waals surface area contributed by atoms with E-state index in [0.29, 0.717) is 0 Å². The van der Waals surface area contributed by atoms with Crippen molar-refractivity contribution in [2.75, 3.05) is 5.75 Å². The average Bonchev–Trinajstić information content (AvgIpc) is 1.38. The van der Waals surface area contributed by atoms with E-state index in [9.17, 15) is 4.79 Å². The van der Waals surface area contributed by atoms with Crippen molar-refractivity contribution in [1.82, 2.24) is 0 Å². The third-order valence-corrected chi connectivity index (χ3v) is 0.406. The molecule has 0 aliphatic carbocycles. The third-order valence-electron chi connectivity index (χ3n) is 0.135. The van der Waals surface area contributed by atoms with E-state index in [1.54, 1.807) is 0 Å². The topological polar surface area (TPSA) is 37.3 Å². The van der Waals surface area contributed by atoms with E-state index in [2.05, 4.69) is 12.6 Å². The fraction of sp³-hybridized carbons (Fsp3) is 0.500. The Labute approximate surface area is 87.2 Å². The van der Waals surface area contributed by atoms with Gasteiger partial charge in [-0.25, -0.2) is 0 Å². The molecule has 0 aliphatic heterocycles.